The van der Waals surface area contributed by atoms with Crippen LogP contribution < -0.4 is 5.32 Å². The summed E-state index contributed by atoms with van der Waals surface area (Å²) in [5, 5.41) is 2.33. The molecule has 0 fully saturated rings. The molecule has 0 radical (unpaired) electrons. The third-order valence-corrected chi connectivity index (χ3v) is 2.41. The summed E-state index contributed by atoms with van der Waals surface area (Å²) < 4.78 is 2.47. The Bertz CT molecular complexity index is 253. The second-order valence-corrected chi connectivity index (χ2v) is 5.47. The van der Waals surface area contributed by atoms with Gasteiger partial charge in [-0.15, -0.1) is 0 Å². The van der Waals surface area contributed by atoms with Gasteiger partial charge >= 0.3 is 5.97 Å². The van der Waals surface area contributed by atoms with Crippen LogP contribution in [0.25, 0.3) is 0 Å². The molecule has 0 aliphatic carbocycles. The van der Waals surface area contributed by atoms with Crippen LogP contribution in [-0.4, -0.2) is 28.8 Å². The van der Waals surface area contributed by atoms with Crippen molar-refractivity contribution in [2.24, 2.45) is 0 Å². The Kier molecular flexibility index (Phi) is 7.11. The Morgan fingerprint density at radius 2 is 1.94 bits per heavy atom. The lowest BCUT2D eigenvalue weighted by molar-refractivity contribution is -0.145. The first-order valence-electron chi connectivity index (χ1n) is 4.78. The van der Waals surface area contributed by atoms with Gasteiger partial charge in [0, 0.05) is 0 Å². The first-order chi connectivity index (χ1) is 7.32. The molecular weight excluding hydrogens is 276 g/mol. The molecule has 0 bridgehead atoms. The van der Waals surface area contributed by atoms with Crippen LogP contribution >= 0.6 is 34.8 Å². The third-order valence-electron chi connectivity index (χ3n) is 1.89. The molecule has 0 unspecified atom stereocenters. The van der Waals surface area contributed by atoms with Crippen molar-refractivity contribution in [2.75, 3.05) is 7.11 Å². The lowest BCUT2D eigenvalue weighted by Gasteiger charge is -2.18. The van der Waals surface area contributed by atoms with Gasteiger partial charge in [-0.3, -0.25) is 4.79 Å². The summed E-state index contributed by atoms with van der Waals surface area (Å²) in [5.41, 5.74) is 0. The summed E-state index contributed by atoms with van der Waals surface area (Å²) in [6.45, 7) is 1.96. The Morgan fingerprint density at radius 1 is 1.38 bits per heavy atom. The highest BCUT2D eigenvalue weighted by Gasteiger charge is 2.34. The van der Waals surface area contributed by atoms with Crippen molar-refractivity contribution in [3.8, 4) is 0 Å². The Balaban J connectivity index is 4.42. The van der Waals surface area contributed by atoms with E-state index in [9.17, 15) is 9.59 Å². The van der Waals surface area contributed by atoms with Gasteiger partial charge in [0.2, 0.25) is 0 Å². The highest BCUT2D eigenvalue weighted by atomic mass is 35.6. The maximum absolute atomic E-state index is 11.3. The lowest BCUT2D eigenvalue weighted by atomic mass is 10.1. The summed E-state index contributed by atoms with van der Waals surface area (Å²) in [5.74, 6) is -1.37. The minimum atomic E-state index is -2.07. The minimum Gasteiger partial charge on any atom is -0.467 e. The van der Waals surface area contributed by atoms with Crippen LogP contribution in [0.3, 0.4) is 0 Å². The van der Waals surface area contributed by atoms with Gasteiger partial charge in [-0.1, -0.05) is 54.6 Å². The molecule has 1 atom stereocenters. The van der Waals surface area contributed by atoms with Gasteiger partial charge in [0.05, 0.1) is 7.11 Å². The van der Waals surface area contributed by atoms with Gasteiger partial charge in [0.15, 0.2) is 0 Å². The monoisotopic (exact) mass is 289 g/mol. The molecule has 0 aliphatic rings. The molecule has 94 valence electrons. The van der Waals surface area contributed by atoms with Gasteiger partial charge in [-0.2, -0.15) is 0 Å². The van der Waals surface area contributed by atoms with Gasteiger partial charge in [-0.25, -0.2) is 4.79 Å². The highest BCUT2D eigenvalue weighted by Crippen LogP contribution is 2.26. The molecule has 0 spiro atoms. The molecule has 0 heterocycles. The van der Waals surface area contributed by atoms with Gasteiger partial charge in [-0.05, 0) is 6.42 Å². The lowest BCUT2D eigenvalue weighted by Crippen LogP contribution is -2.46. The van der Waals surface area contributed by atoms with E-state index in [0.717, 1.165) is 12.8 Å². The number of amides is 1. The molecule has 0 aliphatic heterocycles. The number of nitrogens with one attached hydrogen (secondary N) is 1. The maximum atomic E-state index is 11.3. The van der Waals surface area contributed by atoms with Crippen LogP contribution in [0, 0.1) is 0 Å². The zero-order chi connectivity index (χ0) is 12.8. The number of carbonyl (C=O) groups is 2. The fourth-order valence-corrected chi connectivity index (χ4v) is 1.20. The van der Waals surface area contributed by atoms with Crippen molar-refractivity contribution >= 4 is 46.7 Å². The van der Waals surface area contributed by atoms with Crippen molar-refractivity contribution in [3.63, 3.8) is 0 Å². The minimum absolute atomic E-state index is 0.454. The zero-order valence-electron chi connectivity index (χ0n) is 9.06. The molecule has 0 aromatic carbocycles. The number of hydrogen-bond donors (Lipinski definition) is 1. The topological polar surface area (TPSA) is 55.4 Å². The van der Waals surface area contributed by atoms with E-state index in [-0.39, 0.29) is 0 Å². The second-order valence-electron chi connectivity index (χ2n) is 3.19. The third kappa shape index (κ3) is 5.77. The number of unbranched alkanes of at least 4 members (excludes halogenated alkanes) is 1. The Hall–Kier alpha value is -0.190. The average Bonchev–Trinajstić information content (AvgIpc) is 2.21. The van der Waals surface area contributed by atoms with Crippen molar-refractivity contribution in [2.45, 2.75) is 36.0 Å². The number of rotatable bonds is 5. The molecule has 4 nitrogen and oxygen atoms in total. The Morgan fingerprint density at radius 3 is 2.31 bits per heavy atom. The number of hydrogen-bond acceptors (Lipinski definition) is 3. The predicted molar refractivity (Wildman–Crippen MR) is 63.8 cm³/mol. The number of halogens is 3. The molecular formula is C9H14Cl3NO3. The first kappa shape index (κ1) is 15.8. The van der Waals surface area contributed by atoms with Crippen molar-refractivity contribution < 1.29 is 14.3 Å². The quantitative estimate of drug-likeness (QED) is 0.624. The van der Waals surface area contributed by atoms with Crippen LogP contribution in [0.1, 0.15) is 26.2 Å². The molecule has 0 aromatic rings. The van der Waals surface area contributed by atoms with Gasteiger partial charge in [0.25, 0.3) is 9.70 Å². The predicted octanol–water partition coefficient (Wildman–Crippen LogP) is 2.20. The molecule has 0 rings (SSSR count). The van der Waals surface area contributed by atoms with Crippen molar-refractivity contribution in [3.05, 3.63) is 0 Å². The zero-order valence-corrected chi connectivity index (χ0v) is 11.3. The van der Waals surface area contributed by atoms with Gasteiger partial charge < -0.3 is 10.1 Å². The standard InChI is InChI=1S/C9H14Cl3NO3/c1-3-4-5-6(7(14)16-2)13-8(15)9(10,11)12/h6H,3-5H2,1-2H3,(H,13,15)/t6-/m0/s1. The van der Waals surface area contributed by atoms with Crippen molar-refractivity contribution in [1.82, 2.24) is 5.32 Å². The maximum Gasteiger partial charge on any atom is 0.328 e. The number of esters is 1. The van der Waals surface area contributed by atoms with E-state index in [4.69, 9.17) is 34.8 Å². The summed E-state index contributed by atoms with van der Waals surface area (Å²) in [6, 6.07) is -0.770. The molecule has 0 saturated carbocycles. The average molecular weight is 291 g/mol. The summed E-state index contributed by atoms with van der Waals surface area (Å²) in [6.07, 6.45) is 2.10. The van der Waals surface area contributed by atoms with E-state index in [2.05, 4.69) is 10.1 Å². The second kappa shape index (κ2) is 7.20. The van der Waals surface area contributed by atoms with E-state index < -0.39 is 21.7 Å². The van der Waals surface area contributed by atoms with E-state index in [1.165, 1.54) is 7.11 Å². The van der Waals surface area contributed by atoms with E-state index in [1.807, 2.05) is 6.92 Å². The molecule has 0 aromatic heterocycles. The number of carbonyl (C=O) groups excluding carboxylic acids is 2. The molecule has 7 heteroatoms. The normalized spacial score (nSPS) is 13.1. The van der Waals surface area contributed by atoms with Crippen molar-refractivity contribution in [1.29, 1.82) is 0 Å². The summed E-state index contributed by atoms with van der Waals surface area (Å²) in [7, 11) is 1.24. The first-order valence-corrected chi connectivity index (χ1v) is 5.91. The number of ether oxygens (including phenoxy) is 1. The largest absolute Gasteiger partial charge is 0.467 e. The summed E-state index contributed by atoms with van der Waals surface area (Å²) >= 11 is 16.1. The SMILES string of the molecule is CCCC[C@H](NC(=O)C(Cl)(Cl)Cl)C(=O)OC. The molecule has 1 N–H and O–H groups in total. The molecule has 0 saturated heterocycles. The van der Waals surface area contributed by atoms with Crippen LogP contribution in [0.4, 0.5) is 0 Å². The molecule has 16 heavy (non-hydrogen) atoms. The van der Waals surface area contributed by atoms with E-state index in [0.29, 0.717) is 6.42 Å². The fourth-order valence-electron chi connectivity index (χ4n) is 1.04. The van der Waals surface area contributed by atoms with Crippen LogP contribution in [-0.2, 0) is 14.3 Å². The summed E-state index contributed by atoms with van der Waals surface area (Å²) in [4.78, 5) is 22.7. The number of methoxy groups -OCH3 is 1. The van der Waals surface area contributed by atoms with E-state index in [1.54, 1.807) is 0 Å². The van der Waals surface area contributed by atoms with Crippen LogP contribution in [0.2, 0.25) is 0 Å². The smallest absolute Gasteiger partial charge is 0.328 e. The van der Waals surface area contributed by atoms with Crippen LogP contribution in [0.5, 0.6) is 0 Å². The Labute approximate surface area is 110 Å². The van der Waals surface area contributed by atoms with Gasteiger partial charge in [0.1, 0.15) is 6.04 Å². The van der Waals surface area contributed by atoms with Crippen LogP contribution in [0.15, 0.2) is 0 Å². The molecule has 1 amide bonds. The fraction of sp³-hybridized carbons (Fsp3) is 0.778. The number of alkyl halides is 3. The highest BCUT2D eigenvalue weighted by molar-refractivity contribution is 6.76. The van der Waals surface area contributed by atoms with E-state index >= 15 is 0 Å².